The number of aromatic amines is 1. The average Bonchev–Trinajstić information content (AvgIpc) is 3.35. The lowest BCUT2D eigenvalue weighted by molar-refractivity contribution is 0.0399. The fraction of sp³-hybridized carbons (Fsp3) is 0.367. The zero-order valence-electron chi connectivity index (χ0n) is 23.0. The molecule has 0 saturated carbocycles. The highest BCUT2D eigenvalue weighted by Crippen LogP contribution is 2.35. The van der Waals surface area contributed by atoms with Gasteiger partial charge in [0.15, 0.2) is 5.65 Å². The zero-order chi connectivity index (χ0) is 27.1. The molecule has 2 aliphatic heterocycles. The maximum Gasteiger partial charge on any atom is 0.253 e. The van der Waals surface area contributed by atoms with E-state index in [4.69, 9.17) is 9.72 Å². The quantitative estimate of drug-likeness (QED) is 0.413. The van der Waals surface area contributed by atoms with E-state index in [1.165, 1.54) is 0 Å². The molecule has 0 spiro atoms. The third kappa shape index (κ3) is 4.84. The number of anilines is 1. The molecule has 1 N–H and O–H groups in total. The van der Waals surface area contributed by atoms with Gasteiger partial charge in [-0.15, -0.1) is 0 Å². The third-order valence-electron chi connectivity index (χ3n) is 8.02. The number of nitrogens with one attached hydrogen (secondary N) is 1. The number of piperazine rings is 1. The van der Waals surface area contributed by atoms with Gasteiger partial charge in [-0.3, -0.25) is 4.79 Å². The summed E-state index contributed by atoms with van der Waals surface area (Å²) in [6, 6.07) is 14.5. The van der Waals surface area contributed by atoms with Crippen LogP contribution < -0.4 is 9.64 Å². The Hall–Kier alpha value is -3.95. The molecule has 2 aromatic carbocycles. The highest BCUT2D eigenvalue weighted by molar-refractivity contribution is 5.96. The molecule has 202 valence electrons. The fourth-order valence-electron chi connectivity index (χ4n) is 5.32. The second kappa shape index (κ2) is 10.3. The Labute approximate surface area is 229 Å². The van der Waals surface area contributed by atoms with Crippen LogP contribution in [0.5, 0.6) is 5.75 Å². The number of likely N-dealkylation sites (N-methyl/N-ethyl adjacent to an activating group) is 2. The number of nitrogens with zero attached hydrogens (tertiary/aromatic N) is 6. The van der Waals surface area contributed by atoms with Crippen molar-refractivity contribution >= 4 is 22.8 Å². The number of benzene rings is 2. The number of carbonyl (C=O) groups excluding carboxylic acids is 1. The van der Waals surface area contributed by atoms with Crippen LogP contribution in [-0.2, 0) is 0 Å². The van der Waals surface area contributed by atoms with E-state index < -0.39 is 0 Å². The standard InChI is InChI=1S/C30H35N7O2/c1-34(2)23-18-37(19-23)30(38)21-7-5-20(6-8-21)24-16-31-29-28(24)33-25(17-32-29)22-9-10-26(27(15-22)39-4)36-13-11-35(3)12-14-36/h5-10,15-17,23H,11-14,18-19H2,1-4H3,(H,31,32). The summed E-state index contributed by atoms with van der Waals surface area (Å²) in [6.45, 7) is 5.57. The van der Waals surface area contributed by atoms with E-state index in [1.807, 2.05) is 41.4 Å². The Morgan fingerprint density at radius 1 is 1.03 bits per heavy atom. The number of likely N-dealkylation sites (tertiary alicyclic amines) is 1. The first kappa shape index (κ1) is 25.3. The van der Waals surface area contributed by atoms with Crippen LogP contribution in [-0.4, -0.2) is 109 Å². The van der Waals surface area contributed by atoms with Crippen molar-refractivity contribution in [3.8, 4) is 28.1 Å². The Kier molecular flexibility index (Phi) is 6.70. The number of aromatic nitrogens is 3. The molecule has 0 bridgehead atoms. The minimum Gasteiger partial charge on any atom is -0.495 e. The summed E-state index contributed by atoms with van der Waals surface area (Å²) in [6.07, 6.45) is 3.72. The van der Waals surface area contributed by atoms with Crippen LogP contribution in [0.3, 0.4) is 0 Å². The van der Waals surface area contributed by atoms with Crippen molar-refractivity contribution in [1.82, 2.24) is 29.7 Å². The molecule has 4 heterocycles. The van der Waals surface area contributed by atoms with E-state index in [1.54, 1.807) is 13.3 Å². The summed E-state index contributed by atoms with van der Waals surface area (Å²) >= 11 is 0. The molecule has 9 heteroatoms. The van der Waals surface area contributed by atoms with Crippen LogP contribution in [0, 0.1) is 0 Å². The van der Waals surface area contributed by atoms with Gasteiger partial charge in [-0.2, -0.15) is 0 Å². The first-order valence-electron chi connectivity index (χ1n) is 13.4. The molecular formula is C30H35N7O2. The fourth-order valence-corrected chi connectivity index (χ4v) is 5.32. The highest BCUT2D eigenvalue weighted by Gasteiger charge is 2.32. The highest BCUT2D eigenvalue weighted by atomic mass is 16.5. The molecule has 0 radical (unpaired) electrons. The van der Waals surface area contributed by atoms with E-state index >= 15 is 0 Å². The number of rotatable bonds is 6. The summed E-state index contributed by atoms with van der Waals surface area (Å²) in [5.74, 6) is 0.919. The van der Waals surface area contributed by atoms with Crippen molar-refractivity contribution in [1.29, 1.82) is 0 Å². The van der Waals surface area contributed by atoms with Gasteiger partial charge in [-0.25, -0.2) is 9.97 Å². The van der Waals surface area contributed by atoms with Crippen LogP contribution in [0.4, 0.5) is 5.69 Å². The normalized spacial score (nSPS) is 16.6. The Balaban J connectivity index is 1.24. The summed E-state index contributed by atoms with van der Waals surface area (Å²) < 4.78 is 5.79. The molecule has 1 amide bonds. The average molecular weight is 526 g/mol. The number of carbonyl (C=O) groups is 1. The zero-order valence-corrected chi connectivity index (χ0v) is 23.0. The summed E-state index contributed by atoms with van der Waals surface area (Å²) in [5.41, 5.74) is 7.02. The molecular weight excluding hydrogens is 490 g/mol. The van der Waals surface area contributed by atoms with Crippen LogP contribution in [0.1, 0.15) is 10.4 Å². The molecule has 0 aliphatic carbocycles. The topological polar surface area (TPSA) is 80.8 Å². The molecule has 9 nitrogen and oxygen atoms in total. The minimum atomic E-state index is 0.0784. The molecule has 39 heavy (non-hydrogen) atoms. The first-order chi connectivity index (χ1) is 18.9. The Morgan fingerprint density at radius 2 is 1.74 bits per heavy atom. The third-order valence-corrected chi connectivity index (χ3v) is 8.02. The summed E-state index contributed by atoms with van der Waals surface area (Å²) in [5, 5.41) is 0. The first-order valence-corrected chi connectivity index (χ1v) is 13.4. The van der Waals surface area contributed by atoms with Crippen LogP contribution >= 0.6 is 0 Å². The van der Waals surface area contributed by atoms with E-state index in [0.29, 0.717) is 11.6 Å². The van der Waals surface area contributed by atoms with Crippen molar-refractivity contribution in [3.63, 3.8) is 0 Å². The van der Waals surface area contributed by atoms with Gasteiger partial charge < -0.3 is 29.3 Å². The molecule has 6 rings (SSSR count). The second-order valence-electron chi connectivity index (χ2n) is 10.7. The smallest absolute Gasteiger partial charge is 0.253 e. The van der Waals surface area contributed by atoms with Gasteiger partial charge in [0.2, 0.25) is 0 Å². The SMILES string of the molecule is COc1cc(-c2cnc3[nH]cc(-c4ccc(C(=O)N5CC(N(C)C)C5)cc4)c3n2)ccc1N1CCN(C)CC1. The van der Waals surface area contributed by atoms with Crippen molar-refractivity contribution in [2.45, 2.75) is 6.04 Å². The van der Waals surface area contributed by atoms with Crippen molar-refractivity contribution in [3.05, 3.63) is 60.4 Å². The van der Waals surface area contributed by atoms with Crippen LogP contribution in [0.2, 0.25) is 0 Å². The number of amides is 1. The van der Waals surface area contributed by atoms with Crippen molar-refractivity contribution < 1.29 is 9.53 Å². The maximum atomic E-state index is 12.9. The number of fused-ring (bicyclic) bond motifs is 1. The van der Waals surface area contributed by atoms with Crippen molar-refractivity contribution in [2.75, 3.05) is 72.4 Å². The maximum absolute atomic E-state index is 12.9. The molecule has 0 unspecified atom stereocenters. The molecule has 0 atom stereocenters. The lowest BCUT2D eigenvalue weighted by atomic mass is 10.0. The van der Waals surface area contributed by atoms with E-state index in [2.05, 4.69) is 57.9 Å². The minimum absolute atomic E-state index is 0.0784. The van der Waals surface area contributed by atoms with E-state index in [9.17, 15) is 4.79 Å². The number of ether oxygens (including phenoxy) is 1. The van der Waals surface area contributed by atoms with Gasteiger partial charge in [0, 0.05) is 68.2 Å². The van der Waals surface area contributed by atoms with E-state index in [-0.39, 0.29) is 5.91 Å². The van der Waals surface area contributed by atoms with Crippen LogP contribution in [0.15, 0.2) is 54.9 Å². The number of methoxy groups -OCH3 is 1. The molecule has 2 fully saturated rings. The van der Waals surface area contributed by atoms with Gasteiger partial charge in [-0.1, -0.05) is 18.2 Å². The lowest BCUT2D eigenvalue weighted by Crippen LogP contribution is -2.59. The number of hydrogen-bond donors (Lipinski definition) is 1. The number of hydrogen-bond acceptors (Lipinski definition) is 7. The Bertz CT molecular complexity index is 1480. The molecule has 2 aromatic heterocycles. The molecule has 4 aromatic rings. The number of H-pyrrole nitrogens is 1. The lowest BCUT2D eigenvalue weighted by Gasteiger charge is -2.42. The van der Waals surface area contributed by atoms with Gasteiger partial charge in [-0.05, 0) is 51.0 Å². The Morgan fingerprint density at radius 3 is 2.44 bits per heavy atom. The predicted octanol–water partition coefficient (Wildman–Crippen LogP) is 3.44. The largest absolute Gasteiger partial charge is 0.495 e. The van der Waals surface area contributed by atoms with Gasteiger partial charge >= 0.3 is 0 Å². The van der Waals surface area contributed by atoms with Crippen LogP contribution in [0.25, 0.3) is 33.5 Å². The van der Waals surface area contributed by atoms with E-state index in [0.717, 1.165) is 84.3 Å². The molecule has 2 saturated heterocycles. The summed E-state index contributed by atoms with van der Waals surface area (Å²) in [4.78, 5) is 34.5. The van der Waals surface area contributed by atoms with Crippen molar-refractivity contribution in [2.24, 2.45) is 0 Å². The predicted molar refractivity (Wildman–Crippen MR) is 154 cm³/mol. The second-order valence-corrected chi connectivity index (χ2v) is 10.7. The molecule has 2 aliphatic rings. The van der Waals surface area contributed by atoms with Gasteiger partial charge in [0.1, 0.15) is 11.3 Å². The monoisotopic (exact) mass is 525 g/mol. The van der Waals surface area contributed by atoms with Gasteiger partial charge in [0.25, 0.3) is 5.91 Å². The summed E-state index contributed by atoms with van der Waals surface area (Å²) in [7, 11) is 7.98. The van der Waals surface area contributed by atoms with Gasteiger partial charge in [0.05, 0.1) is 24.7 Å².